The molecule has 1 aliphatic rings. The quantitative estimate of drug-likeness (QED) is 0.635. The van der Waals surface area contributed by atoms with Crippen LogP contribution >= 0.6 is 27.3 Å². The first-order valence-electron chi connectivity index (χ1n) is 8.63. The van der Waals surface area contributed by atoms with Gasteiger partial charge in [0.1, 0.15) is 10.5 Å². The molecule has 0 saturated carbocycles. The number of nitriles is 2. The fourth-order valence-electron chi connectivity index (χ4n) is 3.37. The molecule has 2 heterocycles. The van der Waals surface area contributed by atoms with Crippen molar-refractivity contribution in [3.05, 3.63) is 95.3 Å². The van der Waals surface area contributed by atoms with Crippen molar-refractivity contribution in [2.75, 3.05) is 0 Å². The predicted octanol–water partition coefficient (Wildman–Crippen LogP) is 2.62. The van der Waals surface area contributed by atoms with Crippen LogP contribution in [-0.2, 0) is 0 Å². The first-order chi connectivity index (χ1) is 14.0. The first-order valence-corrected chi connectivity index (χ1v) is 10.2. The summed E-state index contributed by atoms with van der Waals surface area (Å²) >= 11 is 4.64. The minimum absolute atomic E-state index is 0.0698. The summed E-state index contributed by atoms with van der Waals surface area (Å²) in [6.45, 7) is 0. The fraction of sp³-hybridized carbons (Fsp3) is 0.0455. The van der Waals surface area contributed by atoms with Crippen LogP contribution in [-0.4, -0.2) is 4.57 Å². The standard InChI is InChI=1S/C22H13BrN4OS/c23-15-8-4-7-14(10-15)19-16(11-24)20(26)27-21(28)18(29-22(27)17(19)12-25)9-13-5-2-1-3-6-13/h1-10,19H,26H2/b18-9+/t19-/m0/s1. The Kier molecular flexibility index (Phi) is 4.94. The minimum atomic E-state index is -0.620. The Hall–Kier alpha value is -3.39. The van der Waals surface area contributed by atoms with Crippen LogP contribution in [0.4, 0.5) is 0 Å². The van der Waals surface area contributed by atoms with Gasteiger partial charge in [0, 0.05) is 4.47 Å². The maximum atomic E-state index is 13.0. The van der Waals surface area contributed by atoms with Crippen LogP contribution < -0.4 is 20.5 Å². The third kappa shape index (κ3) is 3.21. The van der Waals surface area contributed by atoms with E-state index in [1.807, 2.05) is 54.6 Å². The Labute approximate surface area is 178 Å². The summed E-state index contributed by atoms with van der Waals surface area (Å²) in [7, 11) is 0. The average Bonchev–Trinajstić information content (AvgIpc) is 3.05. The van der Waals surface area contributed by atoms with Crippen LogP contribution in [0.15, 0.2) is 69.4 Å². The van der Waals surface area contributed by atoms with Crippen molar-refractivity contribution in [3.8, 4) is 12.1 Å². The third-order valence-electron chi connectivity index (χ3n) is 4.67. The van der Waals surface area contributed by atoms with E-state index in [0.717, 1.165) is 15.6 Å². The summed E-state index contributed by atoms with van der Waals surface area (Å²) in [5.41, 5.74) is 8.10. The van der Waals surface area contributed by atoms with E-state index in [1.54, 1.807) is 6.08 Å². The number of nitrogens with two attached hydrogens (primary N) is 1. The average molecular weight is 461 g/mol. The van der Waals surface area contributed by atoms with Gasteiger partial charge < -0.3 is 5.73 Å². The molecule has 1 atom stereocenters. The van der Waals surface area contributed by atoms with Gasteiger partial charge in [0.15, 0.2) is 0 Å². The molecule has 0 radical (unpaired) electrons. The Morgan fingerprint density at radius 3 is 2.45 bits per heavy atom. The molecule has 1 aliphatic heterocycles. The van der Waals surface area contributed by atoms with Crippen LogP contribution in [0.5, 0.6) is 0 Å². The maximum Gasteiger partial charge on any atom is 0.274 e. The highest BCUT2D eigenvalue weighted by atomic mass is 79.9. The number of aromatic nitrogens is 1. The number of fused-ring (bicyclic) bond motifs is 1. The molecule has 0 spiro atoms. The van der Waals surface area contributed by atoms with E-state index in [0.29, 0.717) is 14.8 Å². The number of rotatable bonds is 2. The van der Waals surface area contributed by atoms with Gasteiger partial charge in [0.2, 0.25) is 0 Å². The van der Waals surface area contributed by atoms with Gasteiger partial charge in [-0.1, -0.05) is 58.4 Å². The number of hydrogen-bond acceptors (Lipinski definition) is 5. The summed E-state index contributed by atoms with van der Waals surface area (Å²) in [6.07, 6.45) is 1.76. The van der Waals surface area contributed by atoms with Gasteiger partial charge in [-0.15, -0.1) is 11.3 Å². The van der Waals surface area contributed by atoms with Crippen LogP contribution in [0, 0.1) is 22.7 Å². The lowest BCUT2D eigenvalue weighted by atomic mass is 9.84. The van der Waals surface area contributed by atoms with Gasteiger partial charge in [-0.25, -0.2) is 0 Å². The summed E-state index contributed by atoms with van der Waals surface area (Å²) in [5, 5.41) is 19.7. The molecule has 29 heavy (non-hydrogen) atoms. The molecule has 2 aromatic carbocycles. The monoisotopic (exact) mass is 460 g/mol. The van der Waals surface area contributed by atoms with E-state index in [-0.39, 0.29) is 17.0 Å². The van der Waals surface area contributed by atoms with Crippen LogP contribution in [0.3, 0.4) is 0 Å². The molecule has 0 amide bonds. The molecule has 0 bridgehead atoms. The molecule has 7 heteroatoms. The van der Waals surface area contributed by atoms with E-state index in [2.05, 4.69) is 28.1 Å². The second-order valence-electron chi connectivity index (χ2n) is 6.39. The second kappa shape index (κ2) is 7.56. The first kappa shape index (κ1) is 18.9. The zero-order valence-electron chi connectivity index (χ0n) is 15.0. The molecule has 0 fully saturated rings. The van der Waals surface area contributed by atoms with Crippen molar-refractivity contribution in [3.63, 3.8) is 0 Å². The topological polar surface area (TPSA) is 95.6 Å². The lowest BCUT2D eigenvalue weighted by molar-refractivity contribution is 0.906. The zero-order valence-corrected chi connectivity index (χ0v) is 17.4. The highest BCUT2D eigenvalue weighted by molar-refractivity contribution is 9.10. The highest BCUT2D eigenvalue weighted by Crippen LogP contribution is 2.36. The Bertz CT molecular complexity index is 1420. The molecule has 0 unspecified atom stereocenters. The number of hydrogen-bond donors (Lipinski definition) is 1. The van der Waals surface area contributed by atoms with Gasteiger partial charge in [0.05, 0.1) is 33.7 Å². The lowest BCUT2D eigenvalue weighted by Crippen LogP contribution is -2.38. The Morgan fingerprint density at radius 2 is 1.79 bits per heavy atom. The highest BCUT2D eigenvalue weighted by Gasteiger charge is 2.32. The molecule has 0 saturated heterocycles. The fourth-order valence-corrected chi connectivity index (χ4v) is 4.92. The van der Waals surface area contributed by atoms with E-state index >= 15 is 0 Å². The summed E-state index contributed by atoms with van der Waals surface area (Å²) < 4.78 is 3.02. The molecular formula is C22H13BrN4OS. The second-order valence-corrected chi connectivity index (χ2v) is 8.34. The molecule has 5 nitrogen and oxygen atoms in total. The normalized spacial score (nSPS) is 16.3. The zero-order chi connectivity index (χ0) is 20.5. The molecule has 4 rings (SSSR count). The van der Waals surface area contributed by atoms with Crippen LogP contribution in [0.1, 0.15) is 17.0 Å². The number of thiazole rings is 1. The Balaban J connectivity index is 2.08. The Morgan fingerprint density at radius 1 is 1.07 bits per heavy atom. The number of benzene rings is 2. The predicted molar refractivity (Wildman–Crippen MR) is 117 cm³/mol. The molecular weight excluding hydrogens is 448 g/mol. The van der Waals surface area contributed by atoms with Crippen molar-refractivity contribution in [2.24, 2.45) is 5.73 Å². The number of allylic oxidation sites excluding steroid dienone is 1. The van der Waals surface area contributed by atoms with Crippen molar-refractivity contribution < 1.29 is 0 Å². The molecule has 140 valence electrons. The van der Waals surface area contributed by atoms with Gasteiger partial charge in [-0.05, 0) is 29.3 Å². The van der Waals surface area contributed by atoms with Crippen molar-refractivity contribution >= 4 is 44.7 Å². The van der Waals surface area contributed by atoms with Crippen LogP contribution in [0.2, 0.25) is 0 Å². The maximum absolute atomic E-state index is 13.0. The summed E-state index contributed by atoms with van der Waals surface area (Å²) in [4.78, 5) is 13.0. The lowest BCUT2D eigenvalue weighted by Gasteiger charge is -2.22. The third-order valence-corrected chi connectivity index (χ3v) is 6.27. The van der Waals surface area contributed by atoms with Gasteiger partial charge in [0.25, 0.3) is 5.56 Å². The van der Waals surface area contributed by atoms with Gasteiger partial charge >= 0.3 is 0 Å². The molecule has 0 aliphatic carbocycles. The SMILES string of the molecule is N#CC1=C(N)n2c(s/c(=C/c3ccccc3)c2=O)=C(C#N)[C@H]1c1cccc(Br)c1. The molecule has 3 aromatic rings. The number of nitrogens with zero attached hydrogens (tertiary/aromatic N) is 3. The smallest absolute Gasteiger partial charge is 0.274 e. The largest absolute Gasteiger partial charge is 0.384 e. The summed E-state index contributed by atoms with van der Waals surface area (Å²) in [6, 6.07) is 21.2. The van der Waals surface area contributed by atoms with E-state index in [4.69, 9.17) is 5.73 Å². The van der Waals surface area contributed by atoms with E-state index in [1.165, 1.54) is 15.9 Å². The number of halogens is 1. The van der Waals surface area contributed by atoms with Gasteiger partial charge in [-0.2, -0.15) is 10.5 Å². The van der Waals surface area contributed by atoms with Crippen molar-refractivity contribution in [1.82, 2.24) is 4.57 Å². The van der Waals surface area contributed by atoms with Gasteiger partial charge in [-0.3, -0.25) is 9.36 Å². The molecule has 2 N–H and O–H groups in total. The van der Waals surface area contributed by atoms with E-state index < -0.39 is 5.92 Å². The van der Waals surface area contributed by atoms with Crippen molar-refractivity contribution in [1.29, 1.82) is 10.5 Å². The van der Waals surface area contributed by atoms with Crippen LogP contribution in [0.25, 0.3) is 17.5 Å². The van der Waals surface area contributed by atoms with E-state index in [9.17, 15) is 15.3 Å². The van der Waals surface area contributed by atoms with Crippen molar-refractivity contribution in [2.45, 2.75) is 5.92 Å². The molecule has 1 aromatic heterocycles. The summed E-state index contributed by atoms with van der Waals surface area (Å²) in [5.74, 6) is -0.550. The minimum Gasteiger partial charge on any atom is -0.384 e.